The Morgan fingerprint density at radius 1 is 1.82 bits per heavy atom. The number of hydrogen-bond donors (Lipinski definition) is 2. The van der Waals surface area contributed by atoms with Gasteiger partial charge in [0.2, 0.25) is 0 Å². The lowest BCUT2D eigenvalue weighted by molar-refractivity contribution is 0.262. The number of aryl methyl sites for hydroxylation is 2. The van der Waals surface area contributed by atoms with Crippen molar-refractivity contribution < 1.29 is 5.11 Å². The van der Waals surface area contributed by atoms with E-state index in [1.165, 1.54) is 0 Å². The van der Waals surface area contributed by atoms with E-state index in [2.05, 4.69) is 5.10 Å². The van der Waals surface area contributed by atoms with Crippen molar-refractivity contribution in [2.75, 3.05) is 6.61 Å². The van der Waals surface area contributed by atoms with Gasteiger partial charge in [-0.1, -0.05) is 0 Å². The van der Waals surface area contributed by atoms with E-state index in [0.29, 0.717) is 0 Å². The molecule has 0 saturated heterocycles. The van der Waals surface area contributed by atoms with E-state index in [1.807, 2.05) is 14.0 Å². The highest BCUT2D eigenvalue weighted by atomic mass is 16.3. The molecule has 1 aromatic heterocycles. The largest absolute Gasteiger partial charge is 0.394 e. The Balaban J connectivity index is 3.00. The second-order valence-electron chi connectivity index (χ2n) is 2.63. The Bertz CT molecular complexity index is 224. The van der Waals surface area contributed by atoms with Gasteiger partial charge in [0.1, 0.15) is 0 Å². The molecule has 1 heterocycles. The van der Waals surface area contributed by atoms with Gasteiger partial charge in [-0.3, -0.25) is 4.68 Å². The predicted molar refractivity (Wildman–Crippen MR) is 42.0 cm³/mol. The zero-order valence-corrected chi connectivity index (χ0v) is 6.78. The highest BCUT2D eigenvalue weighted by Gasteiger charge is 2.11. The van der Waals surface area contributed by atoms with E-state index in [1.54, 1.807) is 10.9 Å². The van der Waals surface area contributed by atoms with Crippen LogP contribution in [0.4, 0.5) is 0 Å². The summed E-state index contributed by atoms with van der Waals surface area (Å²) in [7, 11) is 1.82. The molecule has 0 aromatic carbocycles. The number of aliphatic hydroxyl groups is 1. The monoisotopic (exact) mass is 155 g/mol. The van der Waals surface area contributed by atoms with E-state index in [4.69, 9.17) is 10.8 Å². The van der Waals surface area contributed by atoms with Crippen LogP contribution in [-0.4, -0.2) is 21.5 Å². The number of hydrogen-bond acceptors (Lipinski definition) is 3. The predicted octanol–water partition coefficient (Wildman–Crippen LogP) is -0.279. The molecule has 4 nitrogen and oxygen atoms in total. The fraction of sp³-hybridized carbons (Fsp3) is 0.571. The van der Waals surface area contributed by atoms with Gasteiger partial charge in [-0.2, -0.15) is 5.10 Å². The number of rotatable bonds is 2. The first-order valence-electron chi connectivity index (χ1n) is 3.51. The minimum Gasteiger partial charge on any atom is -0.394 e. The summed E-state index contributed by atoms with van der Waals surface area (Å²) in [5.74, 6) is 0. The second kappa shape index (κ2) is 3.02. The lowest BCUT2D eigenvalue weighted by atomic mass is 10.1. The van der Waals surface area contributed by atoms with Crippen molar-refractivity contribution >= 4 is 0 Å². The topological polar surface area (TPSA) is 64.1 Å². The van der Waals surface area contributed by atoms with E-state index >= 15 is 0 Å². The maximum Gasteiger partial charge on any atom is 0.0704 e. The van der Waals surface area contributed by atoms with Crippen LogP contribution in [0.25, 0.3) is 0 Å². The summed E-state index contributed by atoms with van der Waals surface area (Å²) >= 11 is 0. The summed E-state index contributed by atoms with van der Waals surface area (Å²) in [6.07, 6.45) is 1.74. The van der Waals surface area contributed by atoms with Crippen LogP contribution in [0.3, 0.4) is 0 Å². The van der Waals surface area contributed by atoms with E-state index in [0.717, 1.165) is 11.3 Å². The first-order chi connectivity index (χ1) is 5.16. The number of aliphatic hydroxyl groups excluding tert-OH is 1. The van der Waals surface area contributed by atoms with Crippen molar-refractivity contribution in [3.63, 3.8) is 0 Å². The molecule has 0 aliphatic heterocycles. The molecule has 1 aromatic rings. The first-order valence-corrected chi connectivity index (χ1v) is 3.51. The standard InChI is InChI=1S/C7H13N3O/c1-5-3-9-10(2)7(5)6(8)4-11/h3,6,11H,4,8H2,1-2H3. The van der Waals surface area contributed by atoms with E-state index in [-0.39, 0.29) is 12.6 Å². The molecule has 1 unspecified atom stereocenters. The van der Waals surface area contributed by atoms with E-state index < -0.39 is 0 Å². The molecular weight excluding hydrogens is 142 g/mol. The van der Waals surface area contributed by atoms with Crippen LogP contribution in [0.15, 0.2) is 6.20 Å². The average Bonchev–Trinajstić information content (AvgIpc) is 2.30. The van der Waals surface area contributed by atoms with Crippen LogP contribution in [0.5, 0.6) is 0 Å². The van der Waals surface area contributed by atoms with Crippen molar-refractivity contribution in [3.05, 3.63) is 17.5 Å². The fourth-order valence-electron chi connectivity index (χ4n) is 1.18. The van der Waals surface area contributed by atoms with Crippen molar-refractivity contribution in [1.29, 1.82) is 0 Å². The van der Waals surface area contributed by atoms with E-state index in [9.17, 15) is 0 Å². The molecule has 0 aliphatic carbocycles. The molecule has 0 aliphatic rings. The number of nitrogens with zero attached hydrogens (tertiary/aromatic N) is 2. The average molecular weight is 155 g/mol. The Hall–Kier alpha value is -0.870. The van der Waals surface area contributed by atoms with Crippen LogP contribution in [0.2, 0.25) is 0 Å². The SMILES string of the molecule is Cc1cnn(C)c1C(N)CO. The molecule has 0 amide bonds. The number of aromatic nitrogens is 2. The summed E-state index contributed by atoms with van der Waals surface area (Å²) in [5, 5.41) is 12.8. The zero-order chi connectivity index (χ0) is 8.43. The summed E-state index contributed by atoms with van der Waals surface area (Å²) in [6.45, 7) is 1.89. The summed E-state index contributed by atoms with van der Waals surface area (Å²) in [4.78, 5) is 0. The molecule has 0 spiro atoms. The minimum atomic E-state index is -0.317. The minimum absolute atomic E-state index is 0.0413. The summed E-state index contributed by atoms with van der Waals surface area (Å²) < 4.78 is 1.69. The molecule has 62 valence electrons. The van der Waals surface area contributed by atoms with Gasteiger partial charge in [0.15, 0.2) is 0 Å². The first kappa shape index (κ1) is 8.23. The van der Waals surface area contributed by atoms with Crippen LogP contribution < -0.4 is 5.73 Å². The van der Waals surface area contributed by atoms with Crippen molar-refractivity contribution in [2.45, 2.75) is 13.0 Å². The maximum absolute atomic E-state index is 8.79. The third kappa shape index (κ3) is 1.41. The van der Waals surface area contributed by atoms with Crippen molar-refractivity contribution in [2.24, 2.45) is 12.8 Å². The molecule has 1 rings (SSSR count). The van der Waals surface area contributed by atoms with Gasteiger partial charge in [-0.25, -0.2) is 0 Å². The lowest BCUT2D eigenvalue weighted by Gasteiger charge is -2.09. The van der Waals surface area contributed by atoms with Crippen LogP contribution in [0, 0.1) is 6.92 Å². The maximum atomic E-state index is 8.79. The van der Waals surface area contributed by atoms with Gasteiger partial charge < -0.3 is 10.8 Å². The van der Waals surface area contributed by atoms with Gasteiger partial charge >= 0.3 is 0 Å². The van der Waals surface area contributed by atoms with Crippen molar-refractivity contribution in [3.8, 4) is 0 Å². The van der Waals surface area contributed by atoms with Crippen LogP contribution in [0.1, 0.15) is 17.3 Å². The third-order valence-corrected chi connectivity index (χ3v) is 1.73. The molecule has 3 N–H and O–H groups in total. The van der Waals surface area contributed by atoms with Crippen molar-refractivity contribution in [1.82, 2.24) is 9.78 Å². The third-order valence-electron chi connectivity index (χ3n) is 1.73. The van der Waals surface area contributed by atoms with Gasteiger partial charge in [-0.15, -0.1) is 0 Å². The van der Waals surface area contributed by atoms with Gasteiger partial charge in [0, 0.05) is 7.05 Å². The highest BCUT2D eigenvalue weighted by Crippen LogP contribution is 2.12. The normalized spacial score (nSPS) is 13.5. The summed E-state index contributed by atoms with van der Waals surface area (Å²) in [5.41, 5.74) is 7.55. The molecule has 11 heavy (non-hydrogen) atoms. The fourth-order valence-corrected chi connectivity index (χ4v) is 1.18. The number of nitrogens with two attached hydrogens (primary N) is 1. The molecule has 0 fully saturated rings. The van der Waals surface area contributed by atoms with Gasteiger partial charge in [-0.05, 0) is 12.5 Å². The Morgan fingerprint density at radius 3 is 2.82 bits per heavy atom. The van der Waals surface area contributed by atoms with Crippen LogP contribution >= 0.6 is 0 Å². The molecule has 1 atom stereocenters. The Labute approximate surface area is 65.6 Å². The molecular formula is C7H13N3O. The molecule has 0 bridgehead atoms. The van der Waals surface area contributed by atoms with Gasteiger partial charge in [0.05, 0.1) is 24.5 Å². The second-order valence-corrected chi connectivity index (χ2v) is 2.63. The Morgan fingerprint density at radius 2 is 2.45 bits per heavy atom. The highest BCUT2D eigenvalue weighted by molar-refractivity contribution is 5.18. The lowest BCUT2D eigenvalue weighted by Crippen LogP contribution is -2.19. The van der Waals surface area contributed by atoms with Gasteiger partial charge in [0.25, 0.3) is 0 Å². The Kier molecular flexibility index (Phi) is 2.26. The van der Waals surface area contributed by atoms with Crippen LogP contribution in [-0.2, 0) is 7.05 Å². The molecule has 0 saturated carbocycles. The quantitative estimate of drug-likeness (QED) is 0.617. The zero-order valence-electron chi connectivity index (χ0n) is 6.78. The molecule has 0 radical (unpaired) electrons. The smallest absolute Gasteiger partial charge is 0.0704 e. The molecule has 4 heteroatoms. The summed E-state index contributed by atoms with van der Waals surface area (Å²) in [6, 6.07) is -0.317.